The molecule has 1 aliphatic rings. The average molecular weight is 203 g/mol. The van der Waals surface area contributed by atoms with Gasteiger partial charge in [0.05, 0.1) is 0 Å². The largest absolute Gasteiger partial charge is 0.465 e. The summed E-state index contributed by atoms with van der Waals surface area (Å²) in [5.41, 5.74) is -1.00. The second kappa shape index (κ2) is 4.73. The normalized spacial score (nSPS) is 21.9. The second-order valence-corrected chi connectivity index (χ2v) is 4.10. The van der Waals surface area contributed by atoms with Gasteiger partial charge in [0.2, 0.25) is 0 Å². The van der Waals surface area contributed by atoms with Gasteiger partial charge in [-0.1, -0.05) is 0 Å². The van der Waals surface area contributed by atoms with Crippen molar-refractivity contribution in [1.29, 1.82) is 0 Å². The van der Waals surface area contributed by atoms with Crippen molar-refractivity contribution in [3.63, 3.8) is 0 Å². The first kappa shape index (κ1) is 11.4. The SMILES string of the molecule is CC(=O)OCCN1CCC(C)(F)CC1. The smallest absolute Gasteiger partial charge is 0.302 e. The van der Waals surface area contributed by atoms with Crippen molar-refractivity contribution in [2.75, 3.05) is 26.2 Å². The Morgan fingerprint density at radius 3 is 2.57 bits per heavy atom. The summed E-state index contributed by atoms with van der Waals surface area (Å²) in [5.74, 6) is -0.252. The topological polar surface area (TPSA) is 29.5 Å². The molecule has 14 heavy (non-hydrogen) atoms. The standard InChI is InChI=1S/C10H18FNO2/c1-9(13)14-8-7-12-5-3-10(2,11)4-6-12/h3-8H2,1-2H3. The highest BCUT2D eigenvalue weighted by molar-refractivity contribution is 5.65. The third kappa shape index (κ3) is 4.05. The number of alkyl halides is 1. The molecule has 4 heteroatoms. The minimum Gasteiger partial charge on any atom is -0.465 e. The minimum absolute atomic E-state index is 0.252. The Kier molecular flexibility index (Phi) is 3.86. The first-order valence-electron chi connectivity index (χ1n) is 5.04. The van der Waals surface area contributed by atoms with Gasteiger partial charge in [0.1, 0.15) is 12.3 Å². The molecule has 0 N–H and O–H groups in total. The number of likely N-dealkylation sites (tertiary alicyclic amines) is 1. The summed E-state index contributed by atoms with van der Waals surface area (Å²) in [6.45, 7) is 5.70. The number of carbonyl (C=O) groups is 1. The van der Waals surface area contributed by atoms with Crippen LogP contribution in [-0.4, -0.2) is 42.8 Å². The molecule has 0 radical (unpaired) electrons. The number of ether oxygens (including phenoxy) is 1. The number of rotatable bonds is 3. The molecule has 0 aromatic carbocycles. The van der Waals surface area contributed by atoms with Crippen LogP contribution in [0, 0.1) is 0 Å². The Balaban J connectivity index is 2.13. The lowest BCUT2D eigenvalue weighted by molar-refractivity contribution is -0.141. The lowest BCUT2D eigenvalue weighted by Gasteiger charge is -2.33. The Morgan fingerprint density at radius 1 is 1.50 bits per heavy atom. The fourth-order valence-electron chi connectivity index (χ4n) is 1.56. The molecule has 82 valence electrons. The van der Waals surface area contributed by atoms with Gasteiger partial charge in [-0.25, -0.2) is 4.39 Å². The number of piperidine rings is 1. The fourth-order valence-corrected chi connectivity index (χ4v) is 1.56. The summed E-state index contributed by atoms with van der Waals surface area (Å²) in [4.78, 5) is 12.6. The van der Waals surface area contributed by atoms with Crippen molar-refractivity contribution in [2.45, 2.75) is 32.4 Å². The molecule has 0 saturated carbocycles. The number of hydrogen-bond acceptors (Lipinski definition) is 3. The van der Waals surface area contributed by atoms with E-state index in [0.29, 0.717) is 19.4 Å². The van der Waals surface area contributed by atoms with Crippen molar-refractivity contribution in [3.05, 3.63) is 0 Å². The van der Waals surface area contributed by atoms with Crippen molar-refractivity contribution >= 4 is 5.97 Å². The molecule has 1 fully saturated rings. The van der Waals surface area contributed by atoms with Gasteiger partial charge < -0.3 is 4.74 Å². The van der Waals surface area contributed by atoms with Crippen LogP contribution in [0.15, 0.2) is 0 Å². The van der Waals surface area contributed by atoms with E-state index < -0.39 is 5.67 Å². The molecule has 0 spiro atoms. The van der Waals surface area contributed by atoms with E-state index in [0.717, 1.165) is 19.6 Å². The van der Waals surface area contributed by atoms with Crippen LogP contribution in [0.25, 0.3) is 0 Å². The molecular weight excluding hydrogens is 185 g/mol. The zero-order valence-electron chi connectivity index (χ0n) is 8.88. The van der Waals surface area contributed by atoms with E-state index in [4.69, 9.17) is 4.74 Å². The van der Waals surface area contributed by atoms with Crippen LogP contribution in [0.5, 0.6) is 0 Å². The number of halogens is 1. The number of carbonyl (C=O) groups excluding carboxylic acids is 1. The van der Waals surface area contributed by atoms with Crippen LogP contribution in [0.4, 0.5) is 4.39 Å². The van der Waals surface area contributed by atoms with Gasteiger partial charge in [0.25, 0.3) is 0 Å². The van der Waals surface area contributed by atoms with E-state index in [1.165, 1.54) is 6.92 Å². The van der Waals surface area contributed by atoms with E-state index in [9.17, 15) is 9.18 Å². The molecule has 0 aromatic heterocycles. The van der Waals surface area contributed by atoms with E-state index in [1.807, 2.05) is 0 Å². The maximum absolute atomic E-state index is 13.4. The minimum atomic E-state index is -1.00. The van der Waals surface area contributed by atoms with Gasteiger partial charge >= 0.3 is 5.97 Å². The molecule has 0 aromatic rings. The van der Waals surface area contributed by atoms with Crippen molar-refractivity contribution in [3.8, 4) is 0 Å². The third-order valence-corrected chi connectivity index (χ3v) is 2.61. The van der Waals surface area contributed by atoms with Gasteiger partial charge in [-0.05, 0) is 19.8 Å². The van der Waals surface area contributed by atoms with Gasteiger partial charge in [-0.3, -0.25) is 9.69 Å². The maximum atomic E-state index is 13.4. The maximum Gasteiger partial charge on any atom is 0.302 e. The highest BCUT2D eigenvalue weighted by Crippen LogP contribution is 2.25. The highest BCUT2D eigenvalue weighted by Gasteiger charge is 2.28. The number of esters is 1. The fraction of sp³-hybridized carbons (Fsp3) is 0.900. The molecular formula is C10H18FNO2. The van der Waals surface area contributed by atoms with E-state index >= 15 is 0 Å². The van der Waals surface area contributed by atoms with E-state index in [2.05, 4.69) is 4.90 Å². The molecule has 1 saturated heterocycles. The van der Waals surface area contributed by atoms with Crippen LogP contribution in [0.2, 0.25) is 0 Å². The van der Waals surface area contributed by atoms with Crippen molar-refractivity contribution in [2.24, 2.45) is 0 Å². The van der Waals surface area contributed by atoms with Crippen LogP contribution >= 0.6 is 0 Å². The molecule has 1 rings (SSSR count). The lowest BCUT2D eigenvalue weighted by Crippen LogP contribution is -2.41. The van der Waals surface area contributed by atoms with Crippen molar-refractivity contribution in [1.82, 2.24) is 4.90 Å². The van der Waals surface area contributed by atoms with Gasteiger partial charge in [0, 0.05) is 26.6 Å². The lowest BCUT2D eigenvalue weighted by atomic mass is 9.96. The summed E-state index contributed by atoms with van der Waals surface area (Å²) in [6.07, 6.45) is 1.15. The van der Waals surface area contributed by atoms with Crippen LogP contribution in [-0.2, 0) is 9.53 Å². The second-order valence-electron chi connectivity index (χ2n) is 4.10. The van der Waals surface area contributed by atoms with Crippen molar-refractivity contribution < 1.29 is 13.9 Å². The molecule has 0 bridgehead atoms. The Labute approximate surface area is 84.2 Å². The first-order chi connectivity index (χ1) is 6.49. The van der Waals surface area contributed by atoms with Crippen LogP contribution in [0.3, 0.4) is 0 Å². The Hall–Kier alpha value is -0.640. The molecule has 0 amide bonds. The van der Waals surface area contributed by atoms with Crippen LogP contribution < -0.4 is 0 Å². The van der Waals surface area contributed by atoms with E-state index in [1.54, 1.807) is 6.92 Å². The highest BCUT2D eigenvalue weighted by atomic mass is 19.1. The molecule has 0 unspecified atom stereocenters. The number of hydrogen-bond donors (Lipinski definition) is 0. The molecule has 1 aliphatic heterocycles. The Bertz CT molecular complexity index is 196. The molecule has 1 heterocycles. The predicted octanol–water partition coefficient (Wildman–Crippen LogP) is 1.37. The zero-order chi connectivity index (χ0) is 10.6. The first-order valence-corrected chi connectivity index (χ1v) is 5.04. The van der Waals surface area contributed by atoms with Gasteiger partial charge in [-0.2, -0.15) is 0 Å². The summed E-state index contributed by atoms with van der Waals surface area (Å²) >= 11 is 0. The Morgan fingerprint density at radius 2 is 2.07 bits per heavy atom. The molecule has 3 nitrogen and oxygen atoms in total. The molecule has 0 aliphatic carbocycles. The molecule has 0 atom stereocenters. The quantitative estimate of drug-likeness (QED) is 0.649. The average Bonchev–Trinajstić information content (AvgIpc) is 2.07. The monoisotopic (exact) mass is 203 g/mol. The summed E-state index contributed by atoms with van der Waals surface area (Å²) in [7, 11) is 0. The number of nitrogens with zero attached hydrogens (tertiary/aromatic N) is 1. The zero-order valence-corrected chi connectivity index (χ0v) is 8.88. The summed E-state index contributed by atoms with van der Waals surface area (Å²) < 4.78 is 18.2. The summed E-state index contributed by atoms with van der Waals surface area (Å²) in [5, 5.41) is 0. The van der Waals surface area contributed by atoms with E-state index in [-0.39, 0.29) is 5.97 Å². The van der Waals surface area contributed by atoms with Gasteiger partial charge in [-0.15, -0.1) is 0 Å². The third-order valence-electron chi connectivity index (χ3n) is 2.61. The summed E-state index contributed by atoms with van der Waals surface area (Å²) in [6, 6.07) is 0. The van der Waals surface area contributed by atoms with Gasteiger partial charge in [0.15, 0.2) is 0 Å². The predicted molar refractivity (Wildman–Crippen MR) is 51.8 cm³/mol. The van der Waals surface area contributed by atoms with Crippen LogP contribution in [0.1, 0.15) is 26.7 Å².